The van der Waals surface area contributed by atoms with Crippen LogP contribution in [-0.2, 0) is 16.1 Å². The Morgan fingerprint density at radius 3 is 2.68 bits per heavy atom. The molecular weight excluding hydrogens is 276 g/mol. The number of primary amides is 1. The van der Waals surface area contributed by atoms with Crippen LogP contribution >= 0.6 is 0 Å². The van der Waals surface area contributed by atoms with E-state index in [1.165, 1.54) is 16.7 Å². The van der Waals surface area contributed by atoms with E-state index in [0.717, 1.165) is 13.1 Å². The SMILES string of the molecule is NC(=O)[C@H]1CN(Cc2cccc(-c3ccccc3)c2)CCO1. The second-order valence-electron chi connectivity index (χ2n) is 5.56. The lowest BCUT2D eigenvalue weighted by atomic mass is 10.0. The Balaban J connectivity index is 1.72. The molecule has 2 N–H and O–H groups in total. The van der Waals surface area contributed by atoms with Crippen LogP contribution in [0.1, 0.15) is 5.56 Å². The van der Waals surface area contributed by atoms with E-state index in [0.29, 0.717) is 13.2 Å². The van der Waals surface area contributed by atoms with Crippen LogP contribution in [0, 0.1) is 0 Å². The monoisotopic (exact) mass is 296 g/mol. The first-order chi connectivity index (χ1) is 10.7. The molecule has 114 valence electrons. The Hall–Kier alpha value is -2.17. The van der Waals surface area contributed by atoms with Crippen LogP contribution in [0.5, 0.6) is 0 Å². The molecule has 3 rings (SSSR count). The summed E-state index contributed by atoms with van der Waals surface area (Å²) in [6.45, 7) is 2.73. The number of nitrogens with zero attached hydrogens (tertiary/aromatic N) is 1. The van der Waals surface area contributed by atoms with Crippen molar-refractivity contribution >= 4 is 5.91 Å². The molecule has 4 nitrogen and oxygen atoms in total. The molecule has 2 aromatic rings. The van der Waals surface area contributed by atoms with Crippen LogP contribution < -0.4 is 5.73 Å². The molecule has 1 aliphatic rings. The van der Waals surface area contributed by atoms with Crippen LogP contribution in [0.15, 0.2) is 54.6 Å². The minimum atomic E-state index is -0.494. The Morgan fingerprint density at radius 1 is 1.14 bits per heavy atom. The number of benzene rings is 2. The molecule has 1 atom stereocenters. The molecule has 0 saturated carbocycles. The van der Waals surface area contributed by atoms with Gasteiger partial charge in [-0.05, 0) is 22.8 Å². The maximum Gasteiger partial charge on any atom is 0.247 e. The Bertz CT molecular complexity index is 643. The summed E-state index contributed by atoms with van der Waals surface area (Å²) in [7, 11) is 0. The molecule has 22 heavy (non-hydrogen) atoms. The van der Waals surface area contributed by atoms with E-state index in [1.54, 1.807) is 0 Å². The first-order valence-corrected chi connectivity index (χ1v) is 7.50. The summed E-state index contributed by atoms with van der Waals surface area (Å²) in [6.07, 6.45) is -0.494. The van der Waals surface area contributed by atoms with E-state index in [4.69, 9.17) is 10.5 Å². The second kappa shape index (κ2) is 6.73. The molecule has 0 aliphatic carbocycles. The number of hydrogen-bond donors (Lipinski definition) is 1. The van der Waals surface area contributed by atoms with Crippen LogP contribution in [0.3, 0.4) is 0 Å². The summed E-state index contributed by atoms with van der Waals surface area (Å²) in [4.78, 5) is 13.5. The fourth-order valence-electron chi connectivity index (χ4n) is 2.76. The largest absolute Gasteiger partial charge is 0.367 e. The first kappa shape index (κ1) is 14.8. The van der Waals surface area contributed by atoms with Crippen molar-refractivity contribution in [2.45, 2.75) is 12.6 Å². The summed E-state index contributed by atoms with van der Waals surface area (Å²) in [5.74, 6) is -0.386. The quantitative estimate of drug-likeness (QED) is 0.939. The number of amides is 1. The summed E-state index contributed by atoms with van der Waals surface area (Å²) < 4.78 is 5.38. The molecule has 0 spiro atoms. The number of rotatable bonds is 4. The highest BCUT2D eigenvalue weighted by Gasteiger charge is 2.24. The third-order valence-electron chi connectivity index (χ3n) is 3.91. The third-order valence-corrected chi connectivity index (χ3v) is 3.91. The average molecular weight is 296 g/mol. The van der Waals surface area contributed by atoms with Crippen molar-refractivity contribution in [3.63, 3.8) is 0 Å². The predicted octanol–water partition coefficient (Wildman–Crippen LogP) is 2.04. The van der Waals surface area contributed by atoms with Gasteiger partial charge in [0.15, 0.2) is 0 Å². The van der Waals surface area contributed by atoms with E-state index in [-0.39, 0.29) is 5.91 Å². The molecule has 1 aliphatic heterocycles. The van der Waals surface area contributed by atoms with Crippen molar-refractivity contribution in [1.29, 1.82) is 0 Å². The molecule has 0 bridgehead atoms. The molecular formula is C18H20N2O2. The van der Waals surface area contributed by atoms with E-state index in [2.05, 4.69) is 41.3 Å². The van der Waals surface area contributed by atoms with Crippen molar-refractivity contribution in [2.75, 3.05) is 19.7 Å². The smallest absolute Gasteiger partial charge is 0.247 e. The molecule has 0 aromatic heterocycles. The van der Waals surface area contributed by atoms with Crippen molar-refractivity contribution in [2.24, 2.45) is 5.73 Å². The fourth-order valence-corrected chi connectivity index (χ4v) is 2.76. The Kier molecular flexibility index (Phi) is 4.51. The van der Waals surface area contributed by atoms with Gasteiger partial charge in [0, 0.05) is 19.6 Å². The predicted molar refractivity (Wildman–Crippen MR) is 86.1 cm³/mol. The summed E-state index contributed by atoms with van der Waals surface area (Å²) >= 11 is 0. The molecule has 1 saturated heterocycles. The summed E-state index contributed by atoms with van der Waals surface area (Å²) in [5.41, 5.74) is 8.98. The van der Waals surface area contributed by atoms with E-state index in [1.807, 2.05) is 18.2 Å². The number of nitrogens with two attached hydrogens (primary N) is 1. The third kappa shape index (κ3) is 3.53. The number of carbonyl (C=O) groups is 1. The molecule has 4 heteroatoms. The van der Waals surface area contributed by atoms with Gasteiger partial charge >= 0.3 is 0 Å². The minimum absolute atomic E-state index is 0.386. The van der Waals surface area contributed by atoms with Gasteiger partial charge in [0.1, 0.15) is 6.10 Å². The van der Waals surface area contributed by atoms with E-state index < -0.39 is 6.10 Å². The lowest BCUT2D eigenvalue weighted by molar-refractivity contribution is -0.135. The minimum Gasteiger partial charge on any atom is -0.367 e. The van der Waals surface area contributed by atoms with Gasteiger partial charge < -0.3 is 10.5 Å². The molecule has 0 radical (unpaired) electrons. The van der Waals surface area contributed by atoms with Crippen LogP contribution in [0.4, 0.5) is 0 Å². The number of carbonyl (C=O) groups excluding carboxylic acids is 1. The van der Waals surface area contributed by atoms with Gasteiger partial charge in [0.05, 0.1) is 6.61 Å². The molecule has 0 unspecified atom stereocenters. The molecule has 1 heterocycles. The molecule has 2 aromatic carbocycles. The highest BCUT2D eigenvalue weighted by molar-refractivity contribution is 5.79. The standard InChI is InChI=1S/C18H20N2O2/c19-18(21)17-13-20(9-10-22-17)12-14-5-4-8-16(11-14)15-6-2-1-3-7-15/h1-8,11,17H,9-10,12-13H2,(H2,19,21)/t17-/m1/s1. The Labute approximate surface area is 130 Å². The zero-order chi connectivity index (χ0) is 15.4. The van der Waals surface area contributed by atoms with Gasteiger partial charge in [0.2, 0.25) is 5.91 Å². The number of ether oxygens (including phenoxy) is 1. The zero-order valence-electron chi connectivity index (χ0n) is 12.4. The normalized spacial score (nSPS) is 19.0. The van der Waals surface area contributed by atoms with Gasteiger partial charge in [0.25, 0.3) is 0 Å². The maximum absolute atomic E-state index is 11.3. The van der Waals surface area contributed by atoms with Gasteiger partial charge in [-0.3, -0.25) is 9.69 Å². The van der Waals surface area contributed by atoms with Crippen molar-refractivity contribution in [3.8, 4) is 11.1 Å². The van der Waals surface area contributed by atoms with Gasteiger partial charge in [-0.15, -0.1) is 0 Å². The van der Waals surface area contributed by atoms with Crippen LogP contribution in [0.2, 0.25) is 0 Å². The maximum atomic E-state index is 11.3. The molecule has 1 amide bonds. The van der Waals surface area contributed by atoms with Gasteiger partial charge in [-0.2, -0.15) is 0 Å². The van der Waals surface area contributed by atoms with Crippen molar-refractivity contribution < 1.29 is 9.53 Å². The lowest BCUT2D eigenvalue weighted by Gasteiger charge is -2.31. The zero-order valence-corrected chi connectivity index (χ0v) is 12.4. The molecule has 1 fully saturated rings. The highest BCUT2D eigenvalue weighted by atomic mass is 16.5. The summed E-state index contributed by atoms with van der Waals surface area (Å²) in [6, 6.07) is 18.8. The van der Waals surface area contributed by atoms with Crippen LogP contribution in [0.25, 0.3) is 11.1 Å². The first-order valence-electron chi connectivity index (χ1n) is 7.50. The van der Waals surface area contributed by atoms with Crippen molar-refractivity contribution in [3.05, 3.63) is 60.2 Å². The fraction of sp³-hybridized carbons (Fsp3) is 0.278. The van der Waals surface area contributed by atoms with Gasteiger partial charge in [-0.1, -0.05) is 48.5 Å². The van der Waals surface area contributed by atoms with Gasteiger partial charge in [-0.25, -0.2) is 0 Å². The number of hydrogen-bond acceptors (Lipinski definition) is 3. The highest BCUT2D eigenvalue weighted by Crippen LogP contribution is 2.21. The topological polar surface area (TPSA) is 55.6 Å². The van der Waals surface area contributed by atoms with Crippen LogP contribution in [-0.4, -0.2) is 36.6 Å². The lowest BCUT2D eigenvalue weighted by Crippen LogP contribution is -2.47. The second-order valence-corrected chi connectivity index (χ2v) is 5.56. The number of morpholine rings is 1. The van der Waals surface area contributed by atoms with Crippen molar-refractivity contribution in [1.82, 2.24) is 4.90 Å². The summed E-state index contributed by atoms with van der Waals surface area (Å²) in [5, 5.41) is 0. The van der Waals surface area contributed by atoms with E-state index in [9.17, 15) is 4.79 Å². The average Bonchev–Trinajstić information content (AvgIpc) is 2.56. The van der Waals surface area contributed by atoms with E-state index >= 15 is 0 Å². The Morgan fingerprint density at radius 2 is 1.91 bits per heavy atom.